The van der Waals surface area contributed by atoms with Gasteiger partial charge in [0.15, 0.2) is 11.5 Å². The Bertz CT molecular complexity index is 1060. The fourth-order valence-corrected chi connectivity index (χ4v) is 3.20. The Morgan fingerprint density at radius 1 is 1.04 bits per heavy atom. The van der Waals surface area contributed by atoms with Crippen LogP contribution in [0.2, 0.25) is 0 Å². The third-order valence-electron chi connectivity index (χ3n) is 4.50. The number of aromatic nitrogens is 3. The monoisotopic (exact) mass is 346 g/mol. The number of nitrogens with one attached hydrogen (secondary N) is 2. The Balaban J connectivity index is 1.90. The highest BCUT2D eigenvalue weighted by atomic mass is 16.3. The Labute approximate surface area is 150 Å². The van der Waals surface area contributed by atoms with Gasteiger partial charge in [0.1, 0.15) is 12.1 Å². The summed E-state index contributed by atoms with van der Waals surface area (Å²) in [6.45, 7) is 2.04. The fraction of sp³-hybridized carbons (Fsp3) is 0.100. The van der Waals surface area contributed by atoms with Crippen molar-refractivity contribution >= 4 is 16.7 Å². The lowest BCUT2D eigenvalue weighted by molar-refractivity contribution is 0.398. The molecule has 4 N–H and O–H groups in total. The molecule has 0 aliphatic carbocycles. The number of phenolic OH excluding ortho intramolecular Hbond substituents is 2. The molecule has 1 unspecified atom stereocenters. The average molecular weight is 346 g/mol. The highest BCUT2D eigenvalue weighted by Crippen LogP contribution is 2.39. The second-order valence-corrected chi connectivity index (χ2v) is 6.13. The molecule has 0 fully saturated rings. The average Bonchev–Trinajstić information content (AvgIpc) is 3.08. The number of aromatic amines is 1. The molecule has 26 heavy (non-hydrogen) atoms. The first-order chi connectivity index (χ1) is 12.6. The van der Waals surface area contributed by atoms with Crippen molar-refractivity contribution in [2.24, 2.45) is 0 Å². The number of rotatable bonds is 4. The third kappa shape index (κ3) is 2.71. The van der Waals surface area contributed by atoms with Crippen LogP contribution in [0.1, 0.15) is 22.7 Å². The molecule has 1 atom stereocenters. The molecule has 6 nitrogen and oxygen atoms in total. The minimum absolute atomic E-state index is 0.152. The molecule has 0 spiro atoms. The van der Waals surface area contributed by atoms with Gasteiger partial charge >= 0.3 is 0 Å². The minimum Gasteiger partial charge on any atom is -0.504 e. The number of aromatic hydroxyl groups is 2. The number of H-pyrrole nitrogens is 1. The van der Waals surface area contributed by atoms with Gasteiger partial charge in [-0.05, 0) is 24.6 Å². The van der Waals surface area contributed by atoms with Crippen LogP contribution in [0.25, 0.3) is 10.9 Å². The summed E-state index contributed by atoms with van der Waals surface area (Å²) in [6, 6.07) is 12.4. The van der Waals surface area contributed by atoms with Gasteiger partial charge in [0, 0.05) is 34.4 Å². The van der Waals surface area contributed by atoms with Gasteiger partial charge in [-0.25, -0.2) is 9.97 Å². The number of aryl methyl sites for hydroxylation is 1. The molecule has 2 heterocycles. The van der Waals surface area contributed by atoms with Crippen molar-refractivity contribution in [2.75, 3.05) is 5.32 Å². The maximum absolute atomic E-state index is 10.4. The van der Waals surface area contributed by atoms with Gasteiger partial charge in [-0.2, -0.15) is 0 Å². The van der Waals surface area contributed by atoms with Crippen molar-refractivity contribution in [3.8, 4) is 11.5 Å². The summed E-state index contributed by atoms with van der Waals surface area (Å²) in [7, 11) is 0. The number of para-hydroxylation sites is 2. The molecule has 0 aliphatic heterocycles. The van der Waals surface area contributed by atoms with E-state index in [1.54, 1.807) is 24.4 Å². The van der Waals surface area contributed by atoms with Crippen LogP contribution < -0.4 is 5.32 Å². The lowest BCUT2D eigenvalue weighted by atomic mass is 9.96. The molecule has 0 saturated heterocycles. The van der Waals surface area contributed by atoms with Crippen LogP contribution in [0.5, 0.6) is 11.5 Å². The normalized spacial score (nSPS) is 12.2. The molecule has 6 heteroatoms. The second kappa shape index (κ2) is 6.40. The molecular weight excluding hydrogens is 328 g/mol. The van der Waals surface area contributed by atoms with Crippen LogP contribution in [-0.2, 0) is 0 Å². The molecule has 0 amide bonds. The van der Waals surface area contributed by atoms with Crippen molar-refractivity contribution < 1.29 is 10.2 Å². The van der Waals surface area contributed by atoms with Crippen LogP contribution in [0.15, 0.2) is 61.2 Å². The van der Waals surface area contributed by atoms with Crippen LogP contribution >= 0.6 is 0 Å². The maximum Gasteiger partial charge on any atom is 0.163 e. The molecule has 2 aromatic heterocycles. The van der Waals surface area contributed by atoms with Gasteiger partial charge in [0.2, 0.25) is 0 Å². The van der Waals surface area contributed by atoms with Crippen molar-refractivity contribution in [3.05, 3.63) is 77.9 Å². The topological polar surface area (TPSA) is 94.1 Å². The SMILES string of the molecule is Cc1cccc2c(C(Nc3ccncn3)c3cccc(O)c3O)c[nH]c12. The standard InChI is InChI=1S/C20H18N4O2/c1-12-4-2-5-13-15(10-22-18(12)13)19(24-17-8-9-21-11-23-17)14-6-3-7-16(25)20(14)26/h2-11,19,22,25-26H,1H3,(H,21,23,24). The summed E-state index contributed by atoms with van der Waals surface area (Å²) in [6.07, 6.45) is 5.02. The quantitative estimate of drug-likeness (QED) is 0.421. The van der Waals surface area contributed by atoms with Crippen LogP contribution in [-0.4, -0.2) is 25.2 Å². The number of fused-ring (bicyclic) bond motifs is 1. The van der Waals surface area contributed by atoms with Crippen molar-refractivity contribution in [1.82, 2.24) is 15.0 Å². The van der Waals surface area contributed by atoms with E-state index in [0.29, 0.717) is 11.4 Å². The molecule has 0 aliphatic rings. The summed E-state index contributed by atoms with van der Waals surface area (Å²) in [4.78, 5) is 11.5. The molecule has 130 valence electrons. The maximum atomic E-state index is 10.4. The van der Waals surface area contributed by atoms with E-state index in [1.165, 1.54) is 12.4 Å². The lowest BCUT2D eigenvalue weighted by Crippen LogP contribution is -2.13. The summed E-state index contributed by atoms with van der Waals surface area (Å²) >= 11 is 0. The second-order valence-electron chi connectivity index (χ2n) is 6.13. The number of hydrogen-bond acceptors (Lipinski definition) is 5. The highest BCUT2D eigenvalue weighted by molar-refractivity contribution is 5.87. The zero-order valence-electron chi connectivity index (χ0n) is 14.1. The van der Waals surface area contributed by atoms with E-state index in [0.717, 1.165) is 22.0 Å². The zero-order valence-corrected chi connectivity index (χ0v) is 14.1. The van der Waals surface area contributed by atoms with E-state index in [1.807, 2.05) is 31.3 Å². The molecule has 2 aromatic carbocycles. The smallest absolute Gasteiger partial charge is 0.163 e. The van der Waals surface area contributed by atoms with Gasteiger partial charge in [-0.1, -0.05) is 30.3 Å². The van der Waals surface area contributed by atoms with Crippen LogP contribution in [0.3, 0.4) is 0 Å². The van der Waals surface area contributed by atoms with E-state index in [4.69, 9.17) is 0 Å². The van der Waals surface area contributed by atoms with Crippen molar-refractivity contribution in [2.45, 2.75) is 13.0 Å². The van der Waals surface area contributed by atoms with E-state index in [9.17, 15) is 10.2 Å². The van der Waals surface area contributed by atoms with Gasteiger partial charge in [0.25, 0.3) is 0 Å². The zero-order chi connectivity index (χ0) is 18.1. The first kappa shape index (κ1) is 16.0. The van der Waals surface area contributed by atoms with E-state index in [-0.39, 0.29) is 11.5 Å². The summed E-state index contributed by atoms with van der Waals surface area (Å²) in [5, 5.41) is 24.8. The number of nitrogens with zero attached hydrogens (tertiary/aromatic N) is 2. The Kier molecular flexibility index (Phi) is 3.93. The Morgan fingerprint density at radius 2 is 1.88 bits per heavy atom. The number of anilines is 1. The highest BCUT2D eigenvalue weighted by Gasteiger charge is 2.23. The number of phenols is 2. The van der Waals surface area contributed by atoms with E-state index >= 15 is 0 Å². The van der Waals surface area contributed by atoms with Crippen molar-refractivity contribution in [3.63, 3.8) is 0 Å². The fourth-order valence-electron chi connectivity index (χ4n) is 3.20. The summed E-state index contributed by atoms with van der Waals surface area (Å²) in [5.41, 5.74) is 3.68. The van der Waals surface area contributed by atoms with Gasteiger partial charge in [0.05, 0.1) is 6.04 Å². The predicted molar refractivity (Wildman–Crippen MR) is 100 cm³/mol. The molecule has 0 bridgehead atoms. The summed E-state index contributed by atoms with van der Waals surface area (Å²) < 4.78 is 0. The number of hydrogen-bond donors (Lipinski definition) is 4. The van der Waals surface area contributed by atoms with E-state index in [2.05, 4.69) is 20.3 Å². The van der Waals surface area contributed by atoms with Gasteiger partial charge in [-0.3, -0.25) is 0 Å². The Hall–Kier alpha value is -3.54. The first-order valence-corrected chi connectivity index (χ1v) is 8.25. The molecule has 0 saturated carbocycles. The van der Waals surface area contributed by atoms with Gasteiger partial charge in [-0.15, -0.1) is 0 Å². The minimum atomic E-state index is -0.410. The first-order valence-electron chi connectivity index (χ1n) is 8.25. The van der Waals surface area contributed by atoms with Crippen molar-refractivity contribution in [1.29, 1.82) is 0 Å². The van der Waals surface area contributed by atoms with Crippen LogP contribution in [0.4, 0.5) is 5.82 Å². The Morgan fingerprint density at radius 3 is 2.69 bits per heavy atom. The van der Waals surface area contributed by atoms with Gasteiger partial charge < -0.3 is 20.5 Å². The number of benzene rings is 2. The largest absolute Gasteiger partial charge is 0.504 e. The molecule has 0 radical (unpaired) electrons. The summed E-state index contributed by atoms with van der Waals surface area (Å²) in [5.74, 6) is 0.309. The van der Waals surface area contributed by atoms with E-state index < -0.39 is 6.04 Å². The molecule has 4 aromatic rings. The lowest BCUT2D eigenvalue weighted by Gasteiger charge is -2.21. The molecule has 4 rings (SSSR count). The predicted octanol–water partition coefficient (Wildman–Crippen LogP) is 3.88. The third-order valence-corrected chi connectivity index (χ3v) is 4.50. The molecular formula is C20H18N4O2. The van der Waals surface area contributed by atoms with Crippen LogP contribution in [0, 0.1) is 6.92 Å².